The Bertz CT molecular complexity index is 2670. The molecule has 0 atom stereocenters. The molecule has 0 aliphatic carbocycles. The molecule has 52 heavy (non-hydrogen) atoms. The summed E-state index contributed by atoms with van der Waals surface area (Å²) in [6, 6.07) is 45.3. The van der Waals surface area contributed by atoms with Crippen LogP contribution in [0.15, 0.2) is 115 Å². The third-order valence-corrected chi connectivity index (χ3v) is 11.3. The zero-order valence-electron chi connectivity index (χ0n) is 30.5. The van der Waals surface area contributed by atoms with Gasteiger partial charge in [0.25, 0.3) is 6.33 Å². The largest absolute Gasteiger partial charge is 0.510 e. The van der Waals surface area contributed by atoms with Gasteiger partial charge in [-0.15, -0.1) is 29.7 Å². The van der Waals surface area contributed by atoms with Crippen LogP contribution >= 0.6 is 0 Å². The van der Waals surface area contributed by atoms with E-state index in [0.717, 1.165) is 50.0 Å². The minimum Gasteiger partial charge on any atom is -0.510 e. The van der Waals surface area contributed by atoms with Crippen LogP contribution in [-0.2, 0) is 37.3 Å². The Hall–Kier alpha value is -4.99. The van der Waals surface area contributed by atoms with Crippen LogP contribution in [0.2, 0.25) is 0 Å². The number of imidazole rings is 1. The molecule has 8 aromatic rings. The number of ether oxygens (including phenoxy) is 1. The Balaban J connectivity index is 0.00000387. The van der Waals surface area contributed by atoms with Gasteiger partial charge in [0.05, 0.1) is 16.7 Å². The van der Waals surface area contributed by atoms with Crippen LogP contribution in [-0.4, -0.2) is 14.1 Å². The van der Waals surface area contributed by atoms with Crippen molar-refractivity contribution in [3.05, 3.63) is 151 Å². The third-order valence-electron chi connectivity index (χ3n) is 11.3. The number of hydrogen-bond donors (Lipinski definition) is 0. The predicted octanol–water partition coefficient (Wildman–Crippen LogP) is 10.5. The molecule has 0 saturated heterocycles. The summed E-state index contributed by atoms with van der Waals surface area (Å²) in [5.41, 5.74) is 9.80. The Morgan fingerprint density at radius 1 is 0.692 bits per heavy atom. The molecule has 0 fully saturated rings. The molecule has 5 nitrogen and oxygen atoms in total. The molecule has 1 aliphatic heterocycles. The van der Waals surface area contributed by atoms with E-state index < -0.39 is 0 Å². The van der Waals surface area contributed by atoms with E-state index >= 15 is 0 Å². The van der Waals surface area contributed by atoms with Crippen molar-refractivity contribution in [1.82, 2.24) is 14.1 Å². The van der Waals surface area contributed by atoms with Crippen LogP contribution < -0.4 is 9.30 Å². The Kier molecular flexibility index (Phi) is 7.89. The molecule has 262 valence electrons. The molecule has 4 heterocycles. The number of fused-ring (bicyclic) bond motifs is 5. The molecule has 1 aliphatic rings. The standard InChI is InChI=1S/C46H40N4O.Pt/c1-44(2,3)30-24-25-47-42(26-30)50-38-19-10-8-16-34(38)35-23-22-33(28-41(35)50)51-32-15-12-14-31(27-32)48-29-49-39-20-11-9-17-36(39)45(4,5)46(6,7)37-18-13-21-40(48)43(37)49;/h8-26H,1-7H3;/q-2;. The van der Waals surface area contributed by atoms with E-state index in [-0.39, 0.29) is 37.3 Å². The van der Waals surface area contributed by atoms with Crippen LogP contribution in [0.4, 0.5) is 0 Å². The number of para-hydroxylation sites is 3. The second kappa shape index (κ2) is 12.0. The molecule has 3 aromatic heterocycles. The molecular weight excluding hydrogens is 820 g/mol. The summed E-state index contributed by atoms with van der Waals surface area (Å²) in [5.74, 6) is 2.07. The van der Waals surface area contributed by atoms with E-state index in [1.165, 1.54) is 16.7 Å². The van der Waals surface area contributed by atoms with Crippen molar-refractivity contribution in [2.24, 2.45) is 0 Å². The molecule has 0 N–H and O–H groups in total. The third kappa shape index (κ3) is 5.08. The molecule has 0 radical (unpaired) electrons. The zero-order valence-corrected chi connectivity index (χ0v) is 32.8. The summed E-state index contributed by atoms with van der Waals surface area (Å²) in [5, 5.41) is 2.25. The fourth-order valence-corrected chi connectivity index (χ4v) is 7.81. The van der Waals surface area contributed by atoms with Crippen LogP contribution in [0.1, 0.15) is 65.2 Å². The first-order valence-electron chi connectivity index (χ1n) is 17.7. The Morgan fingerprint density at radius 2 is 1.38 bits per heavy atom. The molecule has 0 amide bonds. The molecule has 9 rings (SSSR count). The van der Waals surface area contributed by atoms with Crippen molar-refractivity contribution < 1.29 is 30.4 Å². The van der Waals surface area contributed by atoms with Crippen molar-refractivity contribution in [1.29, 1.82) is 0 Å². The number of pyridine rings is 1. The number of benzene rings is 5. The van der Waals surface area contributed by atoms with Crippen LogP contribution in [0.5, 0.6) is 11.5 Å². The van der Waals surface area contributed by atoms with E-state index in [1.54, 1.807) is 0 Å². The van der Waals surface area contributed by atoms with Crippen LogP contribution in [0.3, 0.4) is 0 Å². The topological polar surface area (TPSA) is 35.9 Å². The van der Waals surface area contributed by atoms with Gasteiger partial charge in [-0.3, -0.25) is 4.57 Å². The summed E-state index contributed by atoms with van der Waals surface area (Å²) < 4.78 is 13.1. The molecule has 0 unspecified atom stereocenters. The van der Waals surface area contributed by atoms with Crippen molar-refractivity contribution in [3.63, 3.8) is 0 Å². The number of hydrogen-bond acceptors (Lipinski definition) is 2. The van der Waals surface area contributed by atoms with E-state index in [2.05, 4.69) is 172 Å². The first-order valence-corrected chi connectivity index (χ1v) is 17.7. The Labute approximate surface area is 319 Å². The van der Waals surface area contributed by atoms with E-state index in [4.69, 9.17) is 9.72 Å². The maximum Gasteiger partial charge on any atom is 0.268 e. The van der Waals surface area contributed by atoms with Crippen LogP contribution in [0, 0.1) is 18.5 Å². The maximum absolute atomic E-state index is 6.55. The van der Waals surface area contributed by atoms with Gasteiger partial charge in [-0.25, -0.2) is 4.98 Å². The molecule has 0 saturated carbocycles. The first kappa shape index (κ1) is 34.1. The van der Waals surface area contributed by atoms with Crippen molar-refractivity contribution in [2.75, 3.05) is 0 Å². The van der Waals surface area contributed by atoms with Gasteiger partial charge < -0.3 is 13.9 Å². The SMILES string of the molecule is CC(C)(C)c1ccnc(-n2c3[c-]c(Oc4[c-]c(-n5[c-][n+]6c7c(cccc75)C(C)(C)C(C)(C)c5ccccc5-6)ccc4)ccc3c3ccccc32)c1.[Pt]. The second-order valence-corrected chi connectivity index (χ2v) is 15.8. The molecule has 0 spiro atoms. The summed E-state index contributed by atoms with van der Waals surface area (Å²) in [6.45, 7) is 16.1. The fraction of sp³-hybridized carbons (Fsp3) is 0.217. The van der Waals surface area contributed by atoms with Gasteiger partial charge in [0.1, 0.15) is 5.82 Å². The molecule has 6 heteroatoms. The first-order chi connectivity index (χ1) is 24.4. The van der Waals surface area contributed by atoms with Crippen molar-refractivity contribution >= 4 is 32.8 Å². The van der Waals surface area contributed by atoms with E-state index in [0.29, 0.717) is 11.5 Å². The number of rotatable bonds is 4. The van der Waals surface area contributed by atoms with Gasteiger partial charge >= 0.3 is 0 Å². The molecular formula is C46H40N4OPt-2. The fourth-order valence-electron chi connectivity index (χ4n) is 7.81. The number of nitrogens with zero attached hydrogens (tertiary/aromatic N) is 4. The Morgan fingerprint density at radius 3 is 2.21 bits per heavy atom. The van der Waals surface area contributed by atoms with Crippen molar-refractivity contribution in [2.45, 2.75) is 64.7 Å². The van der Waals surface area contributed by atoms with Gasteiger partial charge in [-0.1, -0.05) is 109 Å². The van der Waals surface area contributed by atoms with Crippen LogP contribution in [0.25, 0.3) is 50.0 Å². The molecule has 0 bridgehead atoms. The average molecular weight is 860 g/mol. The summed E-state index contributed by atoms with van der Waals surface area (Å²) in [6.07, 6.45) is 5.62. The minimum atomic E-state index is -0.143. The second-order valence-electron chi connectivity index (χ2n) is 15.8. The van der Waals surface area contributed by atoms with Gasteiger partial charge in [0.2, 0.25) is 0 Å². The number of aromatic nitrogens is 4. The summed E-state index contributed by atoms with van der Waals surface area (Å²) in [7, 11) is 0. The summed E-state index contributed by atoms with van der Waals surface area (Å²) >= 11 is 0. The summed E-state index contributed by atoms with van der Waals surface area (Å²) in [4.78, 5) is 4.82. The van der Waals surface area contributed by atoms with E-state index in [9.17, 15) is 0 Å². The normalized spacial score (nSPS) is 14.6. The molecule has 5 aromatic carbocycles. The van der Waals surface area contributed by atoms with Crippen molar-refractivity contribution in [3.8, 4) is 28.7 Å². The van der Waals surface area contributed by atoms with Gasteiger partial charge in [0.15, 0.2) is 0 Å². The smallest absolute Gasteiger partial charge is 0.268 e. The average Bonchev–Trinajstić information content (AvgIpc) is 3.66. The van der Waals surface area contributed by atoms with E-state index in [1.807, 2.05) is 24.4 Å². The zero-order chi connectivity index (χ0) is 35.3. The van der Waals surface area contributed by atoms with Gasteiger partial charge in [0, 0.05) is 44.3 Å². The maximum atomic E-state index is 6.55. The predicted molar refractivity (Wildman–Crippen MR) is 205 cm³/mol. The van der Waals surface area contributed by atoms with Gasteiger partial charge in [-0.05, 0) is 68.3 Å². The van der Waals surface area contributed by atoms with Gasteiger partial charge in [-0.2, -0.15) is 18.2 Å². The minimum absolute atomic E-state index is 0. The monoisotopic (exact) mass is 859 g/mol. The quantitative estimate of drug-likeness (QED) is 0.131.